The van der Waals surface area contributed by atoms with Gasteiger partial charge in [0, 0.05) is 38.6 Å². The predicted octanol–water partition coefficient (Wildman–Crippen LogP) is 1.33. The molecule has 0 heterocycles. The number of nitrogens with zero attached hydrogens (tertiary/aromatic N) is 1. The molecule has 0 spiro atoms. The van der Waals surface area contributed by atoms with Gasteiger partial charge in [0.05, 0.1) is 4.99 Å². The van der Waals surface area contributed by atoms with Crippen LogP contribution in [0.25, 0.3) is 0 Å². The number of hydrogen-bond acceptors (Lipinski definition) is 3. The first-order chi connectivity index (χ1) is 8.15. The quantitative estimate of drug-likeness (QED) is 0.501. The van der Waals surface area contributed by atoms with E-state index in [4.69, 9.17) is 22.7 Å². The molecule has 1 fully saturated rings. The summed E-state index contributed by atoms with van der Waals surface area (Å²) in [6.45, 7) is 4.80. The molecular formula is C12H22N2O2S. The lowest BCUT2D eigenvalue weighted by molar-refractivity contribution is -0.132. The molecule has 1 aliphatic rings. The fourth-order valence-corrected chi connectivity index (χ4v) is 1.76. The molecule has 0 aromatic carbocycles. The van der Waals surface area contributed by atoms with Crippen LogP contribution in [0.5, 0.6) is 0 Å². The lowest BCUT2D eigenvalue weighted by atomic mass is 10.3. The largest absolute Gasteiger partial charge is 0.393 e. The molecule has 0 aliphatic heterocycles. The maximum Gasteiger partial charge on any atom is 0.225 e. The van der Waals surface area contributed by atoms with Crippen LogP contribution in [0.2, 0.25) is 0 Å². The van der Waals surface area contributed by atoms with E-state index >= 15 is 0 Å². The molecule has 5 heteroatoms. The number of ether oxygens (including phenoxy) is 1. The molecule has 2 N–H and O–H groups in total. The fraction of sp³-hybridized carbons (Fsp3) is 0.833. The molecule has 1 saturated carbocycles. The van der Waals surface area contributed by atoms with Crippen molar-refractivity contribution in [3.05, 3.63) is 0 Å². The van der Waals surface area contributed by atoms with E-state index in [1.54, 1.807) is 0 Å². The predicted molar refractivity (Wildman–Crippen MR) is 71.8 cm³/mol. The van der Waals surface area contributed by atoms with E-state index in [1.807, 2.05) is 11.8 Å². The molecule has 1 rings (SSSR count). The molecule has 0 radical (unpaired) electrons. The van der Waals surface area contributed by atoms with Crippen LogP contribution in [-0.2, 0) is 9.53 Å². The van der Waals surface area contributed by atoms with Gasteiger partial charge >= 0.3 is 0 Å². The first kappa shape index (κ1) is 14.4. The van der Waals surface area contributed by atoms with Crippen molar-refractivity contribution in [3.8, 4) is 0 Å². The van der Waals surface area contributed by atoms with E-state index < -0.39 is 0 Å². The van der Waals surface area contributed by atoms with Gasteiger partial charge in [-0.3, -0.25) is 4.79 Å². The molecule has 0 aromatic rings. The Hall–Kier alpha value is -0.680. The molecule has 0 bridgehead atoms. The Kier molecular flexibility index (Phi) is 6.44. The van der Waals surface area contributed by atoms with Crippen LogP contribution >= 0.6 is 12.2 Å². The van der Waals surface area contributed by atoms with E-state index in [9.17, 15) is 4.79 Å². The first-order valence-electron chi connectivity index (χ1n) is 6.30. The molecule has 0 aromatic heterocycles. The number of carbonyl (C=O) groups is 1. The summed E-state index contributed by atoms with van der Waals surface area (Å²) in [6, 6.07) is 0. The average Bonchev–Trinajstić information content (AvgIpc) is 3.11. The van der Waals surface area contributed by atoms with Crippen molar-refractivity contribution in [2.24, 2.45) is 11.7 Å². The van der Waals surface area contributed by atoms with Crippen molar-refractivity contribution >= 4 is 23.1 Å². The van der Waals surface area contributed by atoms with Gasteiger partial charge in [-0.25, -0.2) is 0 Å². The summed E-state index contributed by atoms with van der Waals surface area (Å²) < 4.78 is 5.28. The fourth-order valence-electron chi connectivity index (χ4n) is 1.67. The number of thiocarbonyl (C=S) groups is 1. The Morgan fingerprint density at radius 3 is 2.71 bits per heavy atom. The normalized spacial score (nSPS) is 14.6. The van der Waals surface area contributed by atoms with Crippen LogP contribution in [-0.4, -0.2) is 42.1 Å². The Balaban J connectivity index is 2.29. The minimum Gasteiger partial charge on any atom is -0.393 e. The molecule has 4 nitrogen and oxygen atoms in total. The van der Waals surface area contributed by atoms with Crippen LogP contribution in [0.4, 0.5) is 0 Å². The van der Waals surface area contributed by atoms with Crippen molar-refractivity contribution in [2.75, 3.05) is 26.3 Å². The van der Waals surface area contributed by atoms with Gasteiger partial charge < -0.3 is 15.4 Å². The molecule has 0 unspecified atom stereocenters. The van der Waals surface area contributed by atoms with Gasteiger partial charge in [0.2, 0.25) is 5.91 Å². The Labute approximate surface area is 108 Å². The zero-order chi connectivity index (χ0) is 12.7. The van der Waals surface area contributed by atoms with E-state index in [0.29, 0.717) is 24.6 Å². The van der Waals surface area contributed by atoms with Crippen molar-refractivity contribution in [1.29, 1.82) is 0 Å². The minimum atomic E-state index is 0.258. The Morgan fingerprint density at radius 1 is 1.47 bits per heavy atom. The highest BCUT2D eigenvalue weighted by Gasteiger charge is 2.32. The topological polar surface area (TPSA) is 55.6 Å². The molecular weight excluding hydrogens is 236 g/mol. The second-order valence-corrected chi connectivity index (χ2v) is 4.89. The molecule has 17 heavy (non-hydrogen) atoms. The summed E-state index contributed by atoms with van der Waals surface area (Å²) in [5.74, 6) is 0.520. The summed E-state index contributed by atoms with van der Waals surface area (Å²) in [5, 5.41) is 0. The lowest BCUT2D eigenvalue weighted by Gasteiger charge is -2.22. The van der Waals surface area contributed by atoms with Gasteiger partial charge in [-0.1, -0.05) is 12.2 Å². The highest BCUT2D eigenvalue weighted by Crippen LogP contribution is 2.31. The SMILES string of the molecule is CCOCCCN(CCC(N)=S)C(=O)C1CC1. The molecule has 0 saturated heterocycles. The second-order valence-electron chi connectivity index (χ2n) is 4.37. The number of nitrogens with two attached hydrogens (primary N) is 1. The van der Waals surface area contributed by atoms with E-state index in [1.165, 1.54) is 0 Å². The smallest absolute Gasteiger partial charge is 0.225 e. The Morgan fingerprint density at radius 2 is 2.18 bits per heavy atom. The Bertz CT molecular complexity index is 267. The van der Waals surface area contributed by atoms with Gasteiger partial charge in [-0.05, 0) is 26.2 Å². The number of rotatable bonds is 9. The van der Waals surface area contributed by atoms with Gasteiger partial charge in [0.1, 0.15) is 0 Å². The van der Waals surface area contributed by atoms with Crippen LogP contribution in [0.3, 0.4) is 0 Å². The number of amides is 1. The van der Waals surface area contributed by atoms with Crippen LogP contribution in [0.1, 0.15) is 32.6 Å². The molecule has 1 aliphatic carbocycles. The van der Waals surface area contributed by atoms with Gasteiger partial charge in [-0.15, -0.1) is 0 Å². The van der Waals surface area contributed by atoms with Crippen LogP contribution in [0, 0.1) is 5.92 Å². The highest BCUT2D eigenvalue weighted by molar-refractivity contribution is 7.80. The van der Waals surface area contributed by atoms with E-state index in [-0.39, 0.29) is 11.8 Å². The standard InChI is InChI=1S/C12H22N2O2S/c1-2-16-9-3-7-14(8-6-11(13)17)12(15)10-4-5-10/h10H,2-9H2,1H3,(H2,13,17). The summed E-state index contributed by atoms with van der Waals surface area (Å²) >= 11 is 4.85. The molecule has 98 valence electrons. The van der Waals surface area contributed by atoms with Crippen molar-refractivity contribution in [2.45, 2.75) is 32.6 Å². The third-order valence-electron chi connectivity index (χ3n) is 2.79. The number of carbonyl (C=O) groups excluding carboxylic acids is 1. The zero-order valence-corrected chi connectivity index (χ0v) is 11.3. The van der Waals surface area contributed by atoms with Crippen molar-refractivity contribution in [1.82, 2.24) is 4.90 Å². The molecule has 1 amide bonds. The van der Waals surface area contributed by atoms with Crippen molar-refractivity contribution < 1.29 is 9.53 Å². The summed E-state index contributed by atoms with van der Waals surface area (Å²) in [5.41, 5.74) is 5.48. The van der Waals surface area contributed by atoms with E-state index in [2.05, 4.69) is 0 Å². The van der Waals surface area contributed by atoms with E-state index in [0.717, 1.165) is 32.4 Å². The van der Waals surface area contributed by atoms with Crippen LogP contribution in [0.15, 0.2) is 0 Å². The third-order valence-corrected chi connectivity index (χ3v) is 2.99. The van der Waals surface area contributed by atoms with Gasteiger partial charge in [-0.2, -0.15) is 0 Å². The van der Waals surface area contributed by atoms with Gasteiger partial charge in [0.15, 0.2) is 0 Å². The minimum absolute atomic E-state index is 0.258. The average molecular weight is 258 g/mol. The summed E-state index contributed by atoms with van der Waals surface area (Å²) in [6.07, 6.45) is 3.56. The zero-order valence-electron chi connectivity index (χ0n) is 10.5. The monoisotopic (exact) mass is 258 g/mol. The molecule has 0 atom stereocenters. The lowest BCUT2D eigenvalue weighted by Crippen LogP contribution is -2.36. The summed E-state index contributed by atoms with van der Waals surface area (Å²) in [7, 11) is 0. The van der Waals surface area contributed by atoms with Crippen LogP contribution < -0.4 is 5.73 Å². The maximum atomic E-state index is 12.0. The third kappa shape index (κ3) is 5.98. The van der Waals surface area contributed by atoms with Gasteiger partial charge in [0.25, 0.3) is 0 Å². The number of hydrogen-bond donors (Lipinski definition) is 1. The van der Waals surface area contributed by atoms with Crippen molar-refractivity contribution in [3.63, 3.8) is 0 Å². The first-order valence-corrected chi connectivity index (χ1v) is 6.70. The maximum absolute atomic E-state index is 12.0. The summed E-state index contributed by atoms with van der Waals surface area (Å²) in [4.78, 5) is 14.3. The highest BCUT2D eigenvalue weighted by atomic mass is 32.1. The second kappa shape index (κ2) is 7.61.